The number of hydrogen-bond donors (Lipinski definition) is 0. The molecule has 0 spiro atoms. The van der Waals surface area contributed by atoms with E-state index >= 15 is 0 Å². The minimum absolute atomic E-state index is 0.122. The number of alkyl halides is 1. The summed E-state index contributed by atoms with van der Waals surface area (Å²) in [6.07, 6.45) is 0.778. The van der Waals surface area contributed by atoms with E-state index in [0.717, 1.165) is 16.5 Å². The highest BCUT2D eigenvalue weighted by atomic mass is 79.9. The Labute approximate surface area is 134 Å². The monoisotopic (exact) mass is 397 g/mol. The van der Waals surface area contributed by atoms with E-state index in [2.05, 4.69) is 50.9 Å². The number of nitro groups is 1. The van der Waals surface area contributed by atoms with Crippen LogP contribution in [-0.4, -0.2) is 4.92 Å². The first-order valence-electron chi connectivity index (χ1n) is 6.11. The summed E-state index contributed by atoms with van der Waals surface area (Å²) in [5, 5.41) is 10.6. The molecule has 2 aromatic carbocycles. The molecule has 2 aromatic rings. The van der Waals surface area contributed by atoms with Gasteiger partial charge in [-0.1, -0.05) is 62.2 Å². The third kappa shape index (κ3) is 3.46. The van der Waals surface area contributed by atoms with E-state index in [1.165, 1.54) is 11.1 Å². The average Bonchev–Trinajstić information content (AvgIpc) is 2.42. The van der Waals surface area contributed by atoms with E-state index in [1.54, 1.807) is 24.3 Å². The van der Waals surface area contributed by atoms with E-state index in [-0.39, 0.29) is 15.4 Å². The van der Waals surface area contributed by atoms with Crippen molar-refractivity contribution >= 4 is 37.5 Å². The normalized spacial score (nSPS) is 12.2. The van der Waals surface area contributed by atoms with Gasteiger partial charge < -0.3 is 0 Å². The molecule has 0 saturated carbocycles. The second-order valence-electron chi connectivity index (χ2n) is 4.57. The van der Waals surface area contributed by atoms with Crippen molar-refractivity contribution in [3.05, 3.63) is 73.7 Å². The fraction of sp³-hybridized carbons (Fsp3) is 0.200. The lowest BCUT2D eigenvalue weighted by Gasteiger charge is -2.13. The van der Waals surface area contributed by atoms with Gasteiger partial charge in [0.05, 0.1) is 4.92 Å². The predicted octanol–water partition coefficient (Wildman–Crippen LogP) is 5.34. The summed E-state index contributed by atoms with van der Waals surface area (Å²) >= 11 is 7.30. The third-order valence-electron chi connectivity index (χ3n) is 3.12. The molecule has 2 rings (SSSR count). The summed E-state index contributed by atoms with van der Waals surface area (Å²) < 4.78 is 1.10. The van der Waals surface area contributed by atoms with Gasteiger partial charge in [-0.2, -0.15) is 0 Å². The minimum atomic E-state index is -0.382. The molecule has 0 aliphatic heterocycles. The van der Waals surface area contributed by atoms with Gasteiger partial charge in [0.25, 0.3) is 5.69 Å². The minimum Gasteiger partial charge on any atom is -0.258 e. The summed E-state index contributed by atoms with van der Waals surface area (Å²) in [5.74, 6) is 0. The number of nitrogens with zero attached hydrogens (tertiary/aromatic N) is 1. The molecule has 0 aliphatic carbocycles. The molecule has 0 heterocycles. The number of aryl methyl sites for hydroxylation is 1. The maximum absolute atomic E-state index is 10.6. The van der Waals surface area contributed by atoms with Crippen molar-refractivity contribution < 1.29 is 4.92 Å². The highest BCUT2D eigenvalue weighted by Gasteiger charge is 2.13. The van der Waals surface area contributed by atoms with Crippen LogP contribution in [0.5, 0.6) is 0 Å². The fourth-order valence-corrected chi connectivity index (χ4v) is 3.59. The van der Waals surface area contributed by atoms with Crippen LogP contribution >= 0.6 is 31.9 Å². The molecule has 1 atom stereocenters. The van der Waals surface area contributed by atoms with Gasteiger partial charge in [0.15, 0.2) is 0 Å². The zero-order chi connectivity index (χ0) is 14.7. The lowest BCUT2D eigenvalue weighted by Crippen LogP contribution is -1.98. The first-order valence-corrected chi connectivity index (χ1v) is 7.82. The molecule has 3 nitrogen and oxygen atoms in total. The summed E-state index contributed by atoms with van der Waals surface area (Å²) in [7, 11) is 0. The zero-order valence-electron chi connectivity index (χ0n) is 10.8. The van der Waals surface area contributed by atoms with E-state index in [1.807, 2.05) is 6.07 Å². The molecule has 0 fully saturated rings. The Morgan fingerprint density at radius 2 is 1.85 bits per heavy atom. The highest BCUT2D eigenvalue weighted by molar-refractivity contribution is 9.11. The first kappa shape index (κ1) is 15.2. The average molecular weight is 399 g/mol. The van der Waals surface area contributed by atoms with Gasteiger partial charge >= 0.3 is 0 Å². The Morgan fingerprint density at radius 3 is 2.45 bits per heavy atom. The highest BCUT2D eigenvalue weighted by Crippen LogP contribution is 2.34. The summed E-state index contributed by atoms with van der Waals surface area (Å²) in [6, 6.07) is 12.8. The van der Waals surface area contributed by atoms with Gasteiger partial charge in [0.1, 0.15) is 0 Å². The molecule has 0 N–H and O–H groups in total. The van der Waals surface area contributed by atoms with Crippen LogP contribution in [0, 0.1) is 17.0 Å². The lowest BCUT2D eigenvalue weighted by atomic mass is 10.0. The summed E-state index contributed by atoms with van der Waals surface area (Å²) in [5.41, 5.74) is 3.56. The van der Waals surface area contributed by atoms with Crippen LogP contribution in [0.2, 0.25) is 0 Å². The molecule has 0 bridgehead atoms. The fourth-order valence-electron chi connectivity index (χ4n) is 1.98. The molecule has 0 radical (unpaired) electrons. The standard InChI is InChI=1S/C15H13Br2NO2/c1-10-3-2-4-13(15(10)17)14(16)9-11-5-7-12(8-6-11)18(19)20/h2-8,14H,9H2,1H3. The van der Waals surface area contributed by atoms with Crippen molar-refractivity contribution in [2.24, 2.45) is 0 Å². The van der Waals surface area contributed by atoms with Crippen LogP contribution in [0.25, 0.3) is 0 Å². The van der Waals surface area contributed by atoms with Crippen LogP contribution in [0.1, 0.15) is 21.5 Å². The maximum atomic E-state index is 10.6. The lowest BCUT2D eigenvalue weighted by molar-refractivity contribution is -0.384. The second kappa shape index (κ2) is 6.50. The van der Waals surface area contributed by atoms with Crippen molar-refractivity contribution in [1.82, 2.24) is 0 Å². The molecule has 0 aliphatic rings. The van der Waals surface area contributed by atoms with Gasteiger partial charge in [-0.25, -0.2) is 0 Å². The van der Waals surface area contributed by atoms with E-state index in [4.69, 9.17) is 0 Å². The Bertz CT molecular complexity index is 626. The summed E-state index contributed by atoms with van der Waals surface area (Å²) in [6.45, 7) is 2.05. The molecule has 104 valence electrons. The van der Waals surface area contributed by atoms with Crippen LogP contribution in [0.4, 0.5) is 5.69 Å². The first-order chi connectivity index (χ1) is 9.49. The third-order valence-corrected chi connectivity index (χ3v) is 5.02. The molecule has 0 amide bonds. The van der Waals surface area contributed by atoms with Crippen molar-refractivity contribution in [2.75, 3.05) is 0 Å². The number of hydrogen-bond acceptors (Lipinski definition) is 2. The topological polar surface area (TPSA) is 43.1 Å². The van der Waals surface area contributed by atoms with Crippen LogP contribution < -0.4 is 0 Å². The molecular formula is C15H13Br2NO2. The Hall–Kier alpha value is -1.20. The second-order valence-corrected chi connectivity index (χ2v) is 6.47. The largest absolute Gasteiger partial charge is 0.269 e. The molecular weight excluding hydrogens is 386 g/mol. The maximum Gasteiger partial charge on any atom is 0.269 e. The molecule has 20 heavy (non-hydrogen) atoms. The Kier molecular flexibility index (Phi) is 4.94. The zero-order valence-corrected chi connectivity index (χ0v) is 14.0. The summed E-state index contributed by atoms with van der Waals surface area (Å²) in [4.78, 5) is 10.4. The van der Waals surface area contributed by atoms with Gasteiger partial charge in [-0.15, -0.1) is 0 Å². The van der Waals surface area contributed by atoms with Crippen LogP contribution in [0.15, 0.2) is 46.9 Å². The smallest absolute Gasteiger partial charge is 0.258 e. The Balaban J connectivity index is 2.17. The molecule has 0 saturated heterocycles. The SMILES string of the molecule is Cc1cccc(C(Br)Cc2ccc([N+](=O)[O-])cc2)c1Br. The quantitative estimate of drug-likeness (QED) is 0.396. The number of non-ortho nitro benzene ring substituents is 1. The molecule has 5 heteroatoms. The number of halogens is 2. The van der Waals surface area contributed by atoms with Gasteiger partial charge in [0.2, 0.25) is 0 Å². The molecule has 1 unspecified atom stereocenters. The van der Waals surface area contributed by atoms with Gasteiger partial charge in [0, 0.05) is 21.4 Å². The number of benzene rings is 2. The van der Waals surface area contributed by atoms with E-state index < -0.39 is 0 Å². The van der Waals surface area contributed by atoms with Gasteiger partial charge in [-0.3, -0.25) is 10.1 Å². The predicted molar refractivity (Wildman–Crippen MR) is 87.3 cm³/mol. The van der Waals surface area contributed by atoms with Crippen LogP contribution in [0.3, 0.4) is 0 Å². The Morgan fingerprint density at radius 1 is 1.20 bits per heavy atom. The van der Waals surface area contributed by atoms with E-state index in [0.29, 0.717) is 0 Å². The van der Waals surface area contributed by atoms with Crippen molar-refractivity contribution in [2.45, 2.75) is 18.2 Å². The van der Waals surface area contributed by atoms with Crippen molar-refractivity contribution in [1.29, 1.82) is 0 Å². The number of rotatable bonds is 4. The number of nitro benzene ring substituents is 1. The van der Waals surface area contributed by atoms with Crippen molar-refractivity contribution in [3.8, 4) is 0 Å². The van der Waals surface area contributed by atoms with Gasteiger partial charge in [-0.05, 0) is 30.0 Å². The molecule has 0 aromatic heterocycles. The van der Waals surface area contributed by atoms with Crippen LogP contribution in [-0.2, 0) is 6.42 Å². The van der Waals surface area contributed by atoms with Crippen molar-refractivity contribution in [3.63, 3.8) is 0 Å². The van der Waals surface area contributed by atoms with E-state index in [9.17, 15) is 10.1 Å².